The molecule has 86 valence electrons. The van der Waals surface area contributed by atoms with E-state index in [1.807, 2.05) is 18.2 Å². The van der Waals surface area contributed by atoms with Crippen molar-refractivity contribution < 1.29 is 4.74 Å². The first-order chi connectivity index (χ1) is 7.70. The molecule has 0 aromatic heterocycles. The second-order valence-corrected chi connectivity index (χ2v) is 4.92. The zero-order valence-electron chi connectivity index (χ0n) is 9.17. The number of hydrogen-bond donors (Lipinski definition) is 0. The van der Waals surface area contributed by atoms with Crippen LogP contribution in [-0.4, -0.2) is 12.5 Å². The van der Waals surface area contributed by atoms with E-state index in [0.717, 1.165) is 30.6 Å². The molecule has 1 unspecified atom stereocenters. The molecular formula is C13H14Cl2O. The zero-order valence-corrected chi connectivity index (χ0v) is 10.7. The third-order valence-electron chi connectivity index (χ3n) is 2.83. The maximum absolute atomic E-state index is 6.13. The van der Waals surface area contributed by atoms with Gasteiger partial charge < -0.3 is 4.74 Å². The first-order valence-electron chi connectivity index (χ1n) is 5.39. The molecule has 1 nitrogen and oxygen atoms in total. The van der Waals surface area contributed by atoms with Gasteiger partial charge >= 0.3 is 0 Å². The Morgan fingerprint density at radius 3 is 2.88 bits per heavy atom. The van der Waals surface area contributed by atoms with Crippen molar-refractivity contribution in [1.29, 1.82) is 0 Å². The van der Waals surface area contributed by atoms with E-state index < -0.39 is 0 Å². The Labute approximate surface area is 106 Å². The number of allylic oxidation sites excluding steroid dienone is 2. The van der Waals surface area contributed by atoms with Crippen molar-refractivity contribution in [2.24, 2.45) is 0 Å². The number of ether oxygens (including phenoxy) is 1. The monoisotopic (exact) mass is 256 g/mol. The topological polar surface area (TPSA) is 9.23 Å². The van der Waals surface area contributed by atoms with Crippen LogP contribution in [0.2, 0.25) is 5.02 Å². The average molecular weight is 257 g/mol. The summed E-state index contributed by atoms with van der Waals surface area (Å²) >= 11 is 12.1. The smallest absolute Gasteiger partial charge is 0.138 e. The largest absolute Gasteiger partial charge is 0.495 e. The minimum atomic E-state index is 0.158. The predicted molar refractivity (Wildman–Crippen MR) is 69.5 cm³/mol. The second kappa shape index (κ2) is 5.11. The van der Waals surface area contributed by atoms with Crippen LogP contribution in [0, 0.1) is 0 Å². The van der Waals surface area contributed by atoms with Gasteiger partial charge in [-0.15, -0.1) is 11.6 Å². The van der Waals surface area contributed by atoms with Crippen molar-refractivity contribution >= 4 is 28.8 Å². The highest BCUT2D eigenvalue weighted by atomic mass is 35.5. The summed E-state index contributed by atoms with van der Waals surface area (Å²) < 4.78 is 5.21. The van der Waals surface area contributed by atoms with Crippen LogP contribution >= 0.6 is 23.2 Å². The van der Waals surface area contributed by atoms with Gasteiger partial charge in [0.1, 0.15) is 5.75 Å². The quantitative estimate of drug-likeness (QED) is 0.707. The van der Waals surface area contributed by atoms with Crippen molar-refractivity contribution in [1.82, 2.24) is 0 Å². The molecule has 1 aromatic rings. The third-order valence-corrected chi connectivity index (χ3v) is 3.49. The lowest BCUT2D eigenvalue weighted by molar-refractivity contribution is 0.415. The van der Waals surface area contributed by atoms with Crippen LogP contribution in [0.4, 0.5) is 0 Å². The summed E-state index contributed by atoms with van der Waals surface area (Å²) in [7, 11) is 1.63. The van der Waals surface area contributed by atoms with E-state index in [0.29, 0.717) is 5.02 Å². The molecule has 0 aliphatic heterocycles. The van der Waals surface area contributed by atoms with Gasteiger partial charge in [0.15, 0.2) is 0 Å². The standard InChI is InChI=1S/C13H14Cl2O/c1-16-13-8-10(5-6-12(13)15)9-3-2-4-11(14)7-9/h5-8,11H,2-4H2,1H3. The van der Waals surface area contributed by atoms with Crippen molar-refractivity contribution in [2.75, 3.05) is 7.11 Å². The van der Waals surface area contributed by atoms with Gasteiger partial charge in [0.25, 0.3) is 0 Å². The number of methoxy groups -OCH3 is 1. The molecule has 16 heavy (non-hydrogen) atoms. The van der Waals surface area contributed by atoms with E-state index in [9.17, 15) is 0 Å². The summed E-state index contributed by atoms with van der Waals surface area (Å²) in [5, 5.41) is 0.801. The Kier molecular flexibility index (Phi) is 3.78. The van der Waals surface area contributed by atoms with Gasteiger partial charge in [0.05, 0.1) is 17.5 Å². The summed E-state index contributed by atoms with van der Waals surface area (Å²) in [5.74, 6) is 0.719. The summed E-state index contributed by atoms with van der Waals surface area (Å²) in [6.07, 6.45) is 5.42. The van der Waals surface area contributed by atoms with Crippen LogP contribution in [0.1, 0.15) is 24.8 Å². The van der Waals surface area contributed by atoms with Gasteiger partial charge in [-0.1, -0.05) is 23.7 Å². The second-order valence-electron chi connectivity index (χ2n) is 3.95. The minimum absolute atomic E-state index is 0.158. The van der Waals surface area contributed by atoms with Crippen molar-refractivity contribution in [3.05, 3.63) is 34.9 Å². The highest BCUT2D eigenvalue weighted by molar-refractivity contribution is 6.32. The number of benzene rings is 1. The van der Waals surface area contributed by atoms with Crippen LogP contribution in [0.5, 0.6) is 5.75 Å². The van der Waals surface area contributed by atoms with E-state index >= 15 is 0 Å². The lowest BCUT2D eigenvalue weighted by Gasteiger charge is -2.17. The molecule has 1 aromatic carbocycles. The minimum Gasteiger partial charge on any atom is -0.495 e. The highest BCUT2D eigenvalue weighted by Crippen LogP contribution is 2.33. The highest BCUT2D eigenvalue weighted by Gasteiger charge is 2.13. The third kappa shape index (κ3) is 2.53. The summed E-state index contributed by atoms with van der Waals surface area (Å²) in [6.45, 7) is 0. The van der Waals surface area contributed by atoms with Gasteiger partial charge in [0.2, 0.25) is 0 Å². The molecule has 0 saturated heterocycles. The normalized spacial score (nSPS) is 20.4. The molecule has 1 atom stereocenters. The molecule has 3 heteroatoms. The molecule has 1 aliphatic rings. The van der Waals surface area contributed by atoms with Crippen LogP contribution in [0.15, 0.2) is 24.3 Å². The van der Waals surface area contributed by atoms with Crippen molar-refractivity contribution in [2.45, 2.75) is 24.6 Å². The molecule has 0 amide bonds. The Hall–Kier alpha value is -0.660. The first-order valence-corrected chi connectivity index (χ1v) is 6.21. The Balaban J connectivity index is 2.33. The van der Waals surface area contributed by atoms with Crippen molar-refractivity contribution in [3.63, 3.8) is 0 Å². The molecule has 0 N–H and O–H groups in total. The Morgan fingerprint density at radius 2 is 2.19 bits per heavy atom. The Bertz CT molecular complexity index is 412. The van der Waals surface area contributed by atoms with Gasteiger partial charge in [-0.05, 0) is 42.5 Å². The van der Waals surface area contributed by atoms with Crippen LogP contribution < -0.4 is 4.74 Å². The average Bonchev–Trinajstić information content (AvgIpc) is 2.29. The number of hydrogen-bond acceptors (Lipinski definition) is 1. The number of halogens is 2. The fourth-order valence-electron chi connectivity index (χ4n) is 1.97. The van der Waals surface area contributed by atoms with Gasteiger partial charge in [0, 0.05) is 0 Å². The van der Waals surface area contributed by atoms with E-state index in [1.54, 1.807) is 7.11 Å². The lowest BCUT2D eigenvalue weighted by Crippen LogP contribution is -2.02. The maximum Gasteiger partial charge on any atom is 0.138 e. The molecule has 0 bridgehead atoms. The van der Waals surface area contributed by atoms with E-state index in [-0.39, 0.29) is 5.38 Å². The molecular weight excluding hydrogens is 243 g/mol. The fourth-order valence-corrected chi connectivity index (χ4v) is 2.47. The summed E-state index contributed by atoms with van der Waals surface area (Å²) in [4.78, 5) is 0. The zero-order chi connectivity index (χ0) is 11.5. The Morgan fingerprint density at radius 1 is 1.38 bits per heavy atom. The van der Waals surface area contributed by atoms with Gasteiger partial charge in [-0.2, -0.15) is 0 Å². The molecule has 0 spiro atoms. The van der Waals surface area contributed by atoms with E-state index in [4.69, 9.17) is 27.9 Å². The summed E-state index contributed by atoms with van der Waals surface area (Å²) in [6, 6.07) is 5.86. The molecule has 0 saturated carbocycles. The molecule has 0 radical (unpaired) electrons. The van der Waals surface area contributed by atoms with Crippen molar-refractivity contribution in [3.8, 4) is 5.75 Å². The number of alkyl halides is 1. The van der Waals surface area contributed by atoms with E-state index in [1.165, 1.54) is 5.57 Å². The fraction of sp³-hybridized carbons (Fsp3) is 0.385. The molecule has 1 aliphatic carbocycles. The molecule has 0 heterocycles. The SMILES string of the molecule is COc1cc(C2=CC(Cl)CCC2)ccc1Cl. The number of rotatable bonds is 2. The van der Waals surface area contributed by atoms with Crippen LogP contribution in [0.3, 0.4) is 0 Å². The predicted octanol–water partition coefficient (Wildman–Crippen LogP) is 4.52. The van der Waals surface area contributed by atoms with Crippen LogP contribution in [0.25, 0.3) is 5.57 Å². The van der Waals surface area contributed by atoms with Crippen LogP contribution in [-0.2, 0) is 0 Å². The van der Waals surface area contributed by atoms with Gasteiger partial charge in [-0.3, -0.25) is 0 Å². The first kappa shape index (κ1) is 11.8. The summed E-state index contributed by atoms with van der Waals surface area (Å²) in [5.41, 5.74) is 2.45. The van der Waals surface area contributed by atoms with E-state index in [2.05, 4.69) is 6.08 Å². The van der Waals surface area contributed by atoms with Gasteiger partial charge in [-0.25, -0.2) is 0 Å². The molecule has 2 rings (SSSR count). The lowest BCUT2D eigenvalue weighted by atomic mass is 9.93. The maximum atomic E-state index is 6.13. The molecule has 0 fully saturated rings.